The average Bonchev–Trinajstić information content (AvgIpc) is 3.42. The highest BCUT2D eigenvalue weighted by Crippen LogP contribution is 2.56. The van der Waals surface area contributed by atoms with Gasteiger partial charge in [0.2, 0.25) is 0 Å². The molecule has 0 spiro atoms. The minimum atomic E-state index is -1.20. The molecule has 0 saturated carbocycles. The lowest BCUT2D eigenvalue weighted by atomic mass is 9.85. The SMILES string of the molecule is CC(OC1(c2sccc2-c2ccc(F)cc2)c2ccccc2-c2ccccc21)[C@H](N)C(=O)O. The molecule has 1 aromatic heterocycles. The summed E-state index contributed by atoms with van der Waals surface area (Å²) in [6.45, 7) is 1.69. The number of carboxylic acid groups (broad SMARTS) is 1. The summed E-state index contributed by atoms with van der Waals surface area (Å²) >= 11 is 1.53. The molecule has 1 aliphatic rings. The first kappa shape index (κ1) is 21.5. The molecule has 4 nitrogen and oxygen atoms in total. The van der Waals surface area contributed by atoms with Gasteiger partial charge in [0, 0.05) is 11.1 Å². The van der Waals surface area contributed by atoms with Gasteiger partial charge in [-0.15, -0.1) is 11.3 Å². The number of carboxylic acids is 1. The third-order valence-electron chi connectivity index (χ3n) is 6.20. The second kappa shape index (κ2) is 8.23. The molecule has 1 unspecified atom stereocenters. The maximum Gasteiger partial charge on any atom is 0.323 e. The molecular formula is C27H22FNO3S. The van der Waals surface area contributed by atoms with E-state index in [2.05, 4.69) is 0 Å². The van der Waals surface area contributed by atoms with Gasteiger partial charge in [0.05, 0.1) is 11.0 Å². The monoisotopic (exact) mass is 459 g/mol. The van der Waals surface area contributed by atoms with E-state index in [1.165, 1.54) is 23.5 Å². The molecular weight excluding hydrogens is 437 g/mol. The van der Waals surface area contributed by atoms with Crippen LogP contribution in [-0.4, -0.2) is 23.2 Å². The van der Waals surface area contributed by atoms with E-state index in [-0.39, 0.29) is 5.82 Å². The Labute approximate surface area is 195 Å². The van der Waals surface area contributed by atoms with Crippen LogP contribution in [0.4, 0.5) is 4.39 Å². The van der Waals surface area contributed by atoms with E-state index >= 15 is 0 Å². The summed E-state index contributed by atoms with van der Waals surface area (Å²) < 4.78 is 20.4. The van der Waals surface area contributed by atoms with Gasteiger partial charge < -0.3 is 15.6 Å². The molecule has 0 bridgehead atoms. The summed E-state index contributed by atoms with van der Waals surface area (Å²) in [4.78, 5) is 12.6. The Hall–Kier alpha value is -3.32. The van der Waals surface area contributed by atoms with Crippen LogP contribution in [0.1, 0.15) is 22.9 Å². The molecule has 1 aliphatic carbocycles. The molecule has 5 rings (SSSR count). The van der Waals surface area contributed by atoms with Gasteiger partial charge in [0.25, 0.3) is 0 Å². The highest BCUT2D eigenvalue weighted by atomic mass is 32.1. The van der Waals surface area contributed by atoms with Gasteiger partial charge in [0.1, 0.15) is 11.9 Å². The lowest BCUT2D eigenvalue weighted by molar-refractivity contribution is -0.144. The lowest BCUT2D eigenvalue weighted by Crippen LogP contribution is -2.46. The fourth-order valence-electron chi connectivity index (χ4n) is 4.61. The smallest absolute Gasteiger partial charge is 0.323 e. The Morgan fingerprint density at radius 1 is 0.939 bits per heavy atom. The van der Waals surface area contributed by atoms with Gasteiger partial charge in [-0.05, 0) is 52.8 Å². The summed E-state index contributed by atoms with van der Waals surface area (Å²) in [5.41, 5.74) is 10.6. The van der Waals surface area contributed by atoms with Crippen LogP contribution in [0.3, 0.4) is 0 Å². The molecule has 0 fully saturated rings. The van der Waals surface area contributed by atoms with E-state index in [0.717, 1.165) is 38.3 Å². The Kier molecular flexibility index (Phi) is 5.37. The van der Waals surface area contributed by atoms with E-state index in [1.54, 1.807) is 19.1 Å². The number of rotatable bonds is 6. The number of halogens is 1. The van der Waals surface area contributed by atoms with Crippen molar-refractivity contribution in [3.05, 3.63) is 106 Å². The van der Waals surface area contributed by atoms with Crippen LogP contribution in [0.25, 0.3) is 22.3 Å². The van der Waals surface area contributed by atoms with Crippen molar-refractivity contribution < 1.29 is 19.0 Å². The van der Waals surface area contributed by atoms with Crippen molar-refractivity contribution >= 4 is 17.3 Å². The van der Waals surface area contributed by atoms with Crippen LogP contribution in [0, 0.1) is 5.82 Å². The van der Waals surface area contributed by atoms with E-state index in [1.807, 2.05) is 60.0 Å². The summed E-state index contributed by atoms with van der Waals surface area (Å²) in [7, 11) is 0. The van der Waals surface area contributed by atoms with Gasteiger partial charge in [-0.2, -0.15) is 0 Å². The quantitative estimate of drug-likeness (QED) is 0.391. The summed E-state index contributed by atoms with van der Waals surface area (Å²) in [5, 5.41) is 11.5. The van der Waals surface area contributed by atoms with Gasteiger partial charge in [-0.25, -0.2) is 4.39 Å². The number of nitrogens with two attached hydrogens (primary N) is 1. The van der Waals surface area contributed by atoms with Crippen molar-refractivity contribution in [3.63, 3.8) is 0 Å². The van der Waals surface area contributed by atoms with Gasteiger partial charge in [0.15, 0.2) is 5.60 Å². The maximum absolute atomic E-state index is 13.6. The fourth-order valence-corrected chi connectivity index (χ4v) is 5.70. The topological polar surface area (TPSA) is 72.5 Å². The molecule has 3 N–H and O–H groups in total. The average molecular weight is 460 g/mol. The third kappa shape index (κ3) is 3.38. The fraction of sp³-hybridized carbons (Fsp3) is 0.148. The van der Waals surface area contributed by atoms with Crippen molar-refractivity contribution in [2.24, 2.45) is 5.73 Å². The summed E-state index contributed by atoms with van der Waals surface area (Å²) in [5.74, 6) is -1.43. The Morgan fingerprint density at radius 2 is 1.52 bits per heavy atom. The Morgan fingerprint density at radius 3 is 2.09 bits per heavy atom. The second-order valence-electron chi connectivity index (χ2n) is 8.13. The third-order valence-corrected chi connectivity index (χ3v) is 7.21. The number of carbonyl (C=O) groups is 1. The largest absolute Gasteiger partial charge is 0.480 e. The van der Waals surface area contributed by atoms with Crippen LogP contribution in [-0.2, 0) is 15.1 Å². The van der Waals surface area contributed by atoms with Crippen LogP contribution >= 0.6 is 11.3 Å². The number of hydrogen-bond acceptors (Lipinski definition) is 4. The van der Waals surface area contributed by atoms with Crippen molar-refractivity contribution in [2.75, 3.05) is 0 Å². The number of thiophene rings is 1. The number of ether oxygens (including phenoxy) is 1. The number of hydrogen-bond donors (Lipinski definition) is 2. The molecule has 33 heavy (non-hydrogen) atoms. The molecule has 0 amide bonds. The minimum absolute atomic E-state index is 0.306. The first-order valence-electron chi connectivity index (χ1n) is 10.6. The molecule has 1 heterocycles. The van der Waals surface area contributed by atoms with Gasteiger partial charge >= 0.3 is 5.97 Å². The van der Waals surface area contributed by atoms with Crippen molar-refractivity contribution in [2.45, 2.75) is 24.7 Å². The van der Waals surface area contributed by atoms with E-state index in [0.29, 0.717) is 0 Å². The molecule has 6 heteroatoms. The molecule has 0 saturated heterocycles. The Bertz CT molecular complexity index is 1290. The zero-order valence-electron chi connectivity index (χ0n) is 17.9. The number of benzene rings is 3. The highest BCUT2D eigenvalue weighted by molar-refractivity contribution is 7.10. The van der Waals surface area contributed by atoms with Gasteiger partial charge in [-0.3, -0.25) is 4.79 Å². The lowest BCUT2D eigenvalue weighted by Gasteiger charge is -2.36. The first-order chi connectivity index (χ1) is 15.9. The number of aliphatic carboxylic acids is 1. The molecule has 3 aromatic carbocycles. The maximum atomic E-state index is 13.6. The molecule has 2 atom stereocenters. The molecule has 0 radical (unpaired) electrons. The predicted molar refractivity (Wildman–Crippen MR) is 128 cm³/mol. The number of fused-ring (bicyclic) bond motifs is 3. The van der Waals surface area contributed by atoms with Crippen molar-refractivity contribution in [1.29, 1.82) is 0 Å². The van der Waals surface area contributed by atoms with E-state index in [9.17, 15) is 14.3 Å². The second-order valence-corrected chi connectivity index (χ2v) is 9.05. The van der Waals surface area contributed by atoms with Crippen LogP contribution in [0.5, 0.6) is 0 Å². The summed E-state index contributed by atoms with van der Waals surface area (Å²) in [6.07, 6.45) is -0.787. The first-order valence-corrected chi connectivity index (χ1v) is 11.5. The highest BCUT2D eigenvalue weighted by Gasteiger charge is 2.49. The zero-order chi connectivity index (χ0) is 23.2. The summed E-state index contributed by atoms with van der Waals surface area (Å²) in [6, 6.07) is 23.1. The van der Waals surface area contributed by atoms with Crippen LogP contribution in [0.15, 0.2) is 84.2 Å². The van der Waals surface area contributed by atoms with Crippen molar-refractivity contribution in [3.8, 4) is 22.3 Å². The van der Waals surface area contributed by atoms with E-state index in [4.69, 9.17) is 10.5 Å². The van der Waals surface area contributed by atoms with Crippen LogP contribution < -0.4 is 5.73 Å². The molecule has 0 aliphatic heterocycles. The molecule has 166 valence electrons. The van der Waals surface area contributed by atoms with Crippen molar-refractivity contribution in [1.82, 2.24) is 0 Å². The van der Waals surface area contributed by atoms with E-state index < -0.39 is 23.7 Å². The predicted octanol–water partition coefficient (Wildman–Crippen LogP) is 5.64. The zero-order valence-corrected chi connectivity index (χ0v) is 18.7. The normalized spacial score (nSPS) is 15.5. The van der Waals surface area contributed by atoms with Crippen LogP contribution in [0.2, 0.25) is 0 Å². The molecule has 4 aromatic rings. The Balaban J connectivity index is 1.80. The van der Waals surface area contributed by atoms with Gasteiger partial charge in [-0.1, -0.05) is 60.7 Å². The standard InChI is InChI=1S/C27H22FNO3S/c1-16(24(29)26(30)31)32-27(25-19(14-15-33-25)17-10-12-18(28)13-11-17)22-8-4-2-6-20(22)21-7-3-5-9-23(21)27/h2-16,24H,29H2,1H3,(H,30,31)/t16?,24-/m0/s1. The minimum Gasteiger partial charge on any atom is -0.480 e.